The van der Waals surface area contributed by atoms with Crippen molar-refractivity contribution in [3.8, 4) is 0 Å². The van der Waals surface area contributed by atoms with Crippen LogP contribution in [0.3, 0.4) is 0 Å². The van der Waals surface area contributed by atoms with Crippen molar-refractivity contribution in [3.63, 3.8) is 0 Å². The third-order valence-electron chi connectivity index (χ3n) is 3.61. The summed E-state index contributed by atoms with van der Waals surface area (Å²) >= 11 is 0. The summed E-state index contributed by atoms with van der Waals surface area (Å²) in [7, 11) is 0. The van der Waals surface area contributed by atoms with Gasteiger partial charge in [-0.2, -0.15) is 0 Å². The van der Waals surface area contributed by atoms with Crippen molar-refractivity contribution in [2.75, 3.05) is 11.9 Å². The molecule has 1 saturated carbocycles. The summed E-state index contributed by atoms with van der Waals surface area (Å²) in [5.41, 5.74) is 8.08. The molecule has 1 amide bonds. The summed E-state index contributed by atoms with van der Waals surface area (Å²) in [4.78, 5) is 15.8. The first kappa shape index (κ1) is 19.7. The van der Waals surface area contributed by atoms with E-state index in [0.29, 0.717) is 37.3 Å². The van der Waals surface area contributed by atoms with Gasteiger partial charge in [-0.15, -0.1) is 24.0 Å². The van der Waals surface area contributed by atoms with Gasteiger partial charge in [-0.3, -0.25) is 9.79 Å². The second kappa shape index (κ2) is 9.75. The van der Waals surface area contributed by atoms with E-state index in [0.717, 1.165) is 18.5 Å². The lowest BCUT2D eigenvalue weighted by atomic mass is 10.0. The zero-order valence-corrected chi connectivity index (χ0v) is 16.2. The maximum atomic E-state index is 11.5. The first-order chi connectivity index (χ1) is 10.5. The first-order valence-electron chi connectivity index (χ1n) is 8.01. The molecule has 23 heavy (non-hydrogen) atoms. The number of rotatable bonds is 7. The van der Waals surface area contributed by atoms with E-state index in [1.165, 1.54) is 5.56 Å². The quantitative estimate of drug-likeness (QED) is 0.269. The molecule has 2 rings (SSSR count). The van der Waals surface area contributed by atoms with Crippen molar-refractivity contribution in [3.05, 3.63) is 29.8 Å². The van der Waals surface area contributed by atoms with Gasteiger partial charge < -0.3 is 16.4 Å². The van der Waals surface area contributed by atoms with Crippen LogP contribution in [-0.4, -0.2) is 24.5 Å². The number of hydrogen-bond donors (Lipinski definition) is 3. The van der Waals surface area contributed by atoms with Crippen molar-refractivity contribution in [1.29, 1.82) is 0 Å². The number of guanidine groups is 1. The minimum absolute atomic E-state index is 0. The Morgan fingerprint density at radius 3 is 2.78 bits per heavy atom. The SMILES string of the molecule is CC(C)c1cccc(NC(N)=NCCCC(=O)NC2CC2)c1.I. The predicted octanol–water partition coefficient (Wildman–Crippen LogP) is 3.21. The van der Waals surface area contributed by atoms with Crippen LogP contribution in [0.5, 0.6) is 0 Å². The molecule has 1 aliphatic carbocycles. The molecule has 0 aromatic heterocycles. The normalized spacial score (nSPS) is 14.3. The zero-order chi connectivity index (χ0) is 15.9. The van der Waals surface area contributed by atoms with E-state index >= 15 is 0 Å². The van der Waals surface area contributed by atoms with Crippen LogP contribution in [0.15, 0.2) is 29.3 Å². The van der Waals surface area contributed by atoms with Crippen molar-refractivity contribution in [2.45, 2.75) is 51.5 Å². The van der Waals surface area contributed by atoms with Crippen molar-refractivity contribution < 1.29 is 4.79 Å². The van der Waals surface area contributed by atoms with Gasteiger partial charge in [0.1, 0.15) is 0 Å². The van der Waals surface area contributed by atoms with E-state index in [1.807, 2.05) is 12.1 Å². The maximum Gasteiger partial charge on any atom is 0.220 e. The summed E-state index contributed by atoms with van der Waals surface area (Å²) in [5.74, 6) is 0.988. The highest BCUT2D eigenvalue weighted by atomic mass is 127. The fraction of sp³-hybridized carbons (Fsp3) is 0.529. The minimum Gasteiger partial charge on any atom is -0.370 e. The van der Waals surface area contributed by atoms with Crippen LogP contribution in [0.4, 0.5) is 5.69 Å². The van der Waals surface area contributed by atoms with Gasteiger partial charge in [0.25, 0.3) is 0 Å². The second-order valence-corrected chi connectivity index (χ2v) is 6.12. The molecule has 0 atom stereocenters. The number of halogens is 1. The minimum atomic E-state index is 0. The number of nitrogens with one attached hydrogen (secondary N) is 2. The molecule has 6 heteroatoms. The number of amides is 1. The van der Waals surface area contributed by atoms with Crippen LogP contribution in [-0.2, 0) is 4.79 Å². The van der Waals surface area contributed by atoms with Gasteiger partial charge in [0, 0.05) is 24.7 Å². The molecule has 0 bridgehead atoms. The Kier molecular flexibility index (Phi) is 8.36. The highest BCUT2D eigenvalue weighted by Gasteiger charge is 2.22. The van der Waals surface area contributed by atoms with E-state index in [1.54, 1.807) is 0 Å². The molecular formula is C17H27IN4O. The van der Waals surface area contributed by atoms with Gasteiger partial charge in [0.2, 0.25) is 5.91 Å². The summed E-state index contributed by atoms with van der Waals surface area (Å²) < 4.78 is 0. The van der Waals surface area contributed by atoms with Crippen LogP contribution in [0.1, 0.15) is 51.0 Å². The number of hydrogen-bond acceptors (Lipinski definition) is 2. The molecule has 0 spiro atoms. The van der Waals surface area contributed by atoms with Crippen molar-refractivity contribution >= 4 is 41.5 Å². The standard InChI is InChI=1S/C17H26N4O.HI/c1-12(2)13-5-3-6-15(11-13)21-17(18)19-10-4-7-16(22)20-14-8-9-14;/h3,5-6,11-12,14H,4,7-10H2,1-2H3,(H,20,22)(H3,18,19,21);1H. The Bertz CT molecular complexity index is 541. The Labute approximate surface area is 155 Å². The summed E-state index contributed by atoms with van der Waals surface area (Å²) in [6.45, 7) is 4.87. The van der Waals surface area contributed by atoms with Gasteiger partial charge >= 0.3 is 0 Å². The number of benzene rings is 1. The molecule has 4 N–H and O–H groups in total. The van der Waals surface area contributed by atoms with Crippen molar-refractivity contribution in [1.82, 2.24) is 5.32 Å². The fourth-order valence-corrected chi connectivity index (χ4v) is 2.13. The summed E-state index contributed by atoms with van der Waals surface area (Å²) in [6.07, 6.45) is 3.47. The molecule has 0 radical (unpaired) electrons. The second-order valence-electron chi connectivity index (χ2n) is 6.12. The average molecular weight is 430 g/mol. The zero-order valence-electron chi connectivity index (χ0n) is 13.8. The maximum absolute atomic E-state index is 11.5. The van der Waals surface area contributed by atoms with Gasteiger partial charge in [-0.1, -0.05) is 26.0 Å². The molecule has 1 aromatic carbocycles. The van der Waals surface area contributed by atoms with Crippen LogP contribution < -0.4 is 16.4 Å². The topological polar surface area (TPSA) is 79.5 Å². The van der Waals surface area contributed by atoms with Crippen LogP contribution in [0.25, 0.3) is 0 Å². The number of aliphatic imine (C=N–C) groups is 1. The monoisotopic (exact) mass is 430 g/mol. The largest absolute Gasteiger partial charge is 0.370 e. The molecule has 1 fully saturated rings. The van der Waals surface area contributed by atoms with Gasteiger partial charge in [-0.25, -0.2) is 0 Å². The smallest absolute Gasteiger partial charge is 0.220 e. The van der Waals surface area contributed by atoms with Gasteiger partial charge in [0.05, 0.1) is 0 Å². The van der Waals surface area contributed by atoms with Crippen LogP contribution in [0.2, 0.25) is 0 Å². The Morgan fingerprint density at radius 1 is 1.39 bits per heavy atom. The number of carbonyl (C=O) groups is 1. The highest BCUT2D eigenvalue weighted by molar-refractivity contribution is 14.0. The Balaban J connectivity index is 0.00000264. The summed E-state index contributed by atoms with van der Waals surface area (Å²) in [5, 5.41) is 6.06. The van der Waals surface area contributed by atoms with E-state index in [2.05, 4.69) is 41.6 Å². The molecule has 1 aromatic rings. The number of carbonyl (C=O) groups excluding carboxylic acids is 1. The molecular weight excluding hydrogens is 403 g/mol. The molecule has 0 heterocycles. The van der Waals surface area contributed by atoms with E-state index in [9.17, 15) is 4.79 Å². The molecule has 0 aliphatic heterocycles. The first-order valence-corrected chi connectivity index (χ1v) is 8.01. The number of nitrogens with two attached hydrogens (primary N) is 1. The Morgan fingerprint density at radius 2 is 2.13 bits per heavy atom. The molecule has 128 valence electrons. The fourth-order valence-electron chi connectivity index (χ4n) is 2.13. The lowest BCUT2D eigenvalue weighted by Gasteiger charge is -2.10. The average Bonchev–Trinajstić information content (AvgIpc) is 3.28. The van der Waals surface area contributed by atoms with Crippen molar-refractivity contribution in [2.24, 2.45) is 10.7 Å². The lowest BCUT2D eigenvalue weighted by molar-refractivity contribution is -0.121. The Hall–Kier alpha value is -1.31. The van der Waals surface area contributed by atoms with Gasteiger partial charge in [-0.05, 0) is 42.9 Å². The van der Waals surface area contributed by atoms with Gasteiger partial charge in [0.15, 0.2) is 5.96 Å². The van der Waals surface area contributed by atoms with Crippen LogP contribution in [0, 0.1) is 0 Å². The summed E-state index contributed by atoms with van der Waals surface area (Å²) in [6, 6.07) is 8.58. The molecule has 1 aliphatic rings. The lowest BCUT2D eigenvalue weighted by Crippen LogP contribution is -2.25. The third kappa shape index (κ3) is 7.67. The third-order valence-corrected chi connectivity index (χ3v) is 3.61. The number of nitrogens with zero attached hydrogens (tertiary/aromatic N) is 1. The molecule has 0 unspecified atom stereocenters. The van der Waals surface area contributed by atoms with E-state index in [-0.39, 0.29) is 29.9 Å². The highest BCUT2D eigenvalue weighted by Crippen LogP contribution is 2.19. The predicted molar refractivity (Wildman–Crippen MR) is 106 cm³/mol. The van der Waals surface area contributed by atoms with E-state index < -0.39 is 0 Å². The molecule has 5 nitrogen and oxygen atoms in total. The molecule has 0 saturated heterocycles. The van der Waals surface area contributed by atoms with E-state index in [4.69, 9.17) is 5.73 Å². The van der Waals surface area contributed by atoms with Crippen LogP contribution >= 0.6 is 24.0 Å². The number of anilines is 1.